The molecule has 1 aromatic carbocycles. The Balaban J connectivity index is 1.96. The second kappa shape index (κ2) is 4.32. The summed E-state index contributed by atoms with van der Waals surface area (Å²) in [7, 11) is 0. The number of rotatable bonds is 3. The number of hydroxylamine groups is 2. The van der Waals surface area contributed by atoms with Gasteiger partial charge in [-0.2, -0.15) is 0 Å². The van der Waals surface area contributed by atoms with Gasteiger partial charge >= 0.3 is 6.03 Å². The smallest absolute Gasteiger partial charge is 0.324 e. The first-order valence-corrected chi connectivity index (χ1v) is 5.00. The summed E-state index contributed by atoms with van der Waals surface area (Å²) < 4.78 is 0. The second-order valence-corrected chi connectivity index (χ2v) is 3.56. The first-order chi connectivity index (χ1) is 7.68. The number of nitrogens with zero attached hydrogens (tertiary/aromatic N) is 1. The van der Waals surface area contributed by atoms with Crippen molar-refractivity contribution < 1.29 is 14.4 Å². The van der Waals surface area contributed by atoms with E-state index in [0.717, 1.165) is 10.6 Å². The van der Waals surface area contributed by atoms with Gasteiger partial charge in [-0.3, -0.25) is 9.63 Å². The van der Waals surface area contributed by atoms with Crippen LogP contribution in [0.4, 0.5) is 4.79 Å². The van der Waals surface area contributed by atoms with Crippen molar-refractivity contribution in [2.24, 2.45) is 0 Å². The number of hydrogen-bond donors (Lipinski definition) is 1. The molecule has 0 aromatic heterocycles. The van der Waals surface area contributed by atoms with E-state index in [0.29, 0.717) is 0 Å². The van der Waals surface area contributed by atoms with E-state index in [2.05, 4.69) is 5.32 Å². The average Bonchev–Trinajstić information content (AvgIpc) is 2.53. The van der Waals surface area contributed by atoms with Crippen LogP contribution < -0.4 is 5.32 Å². The zero-order valence-corrected chi connectivity index (χ0v) is 8.84. The first-order valence-electron chi connectivity index (χ1n) is 5.00. The van der Waals surface area contributed by atoms with Gasteiger partial charge in [-0.05, 0) is 12.5 Å². The van der Waals surface area contributed by atoms with E-state index in [9.17, 15) is 9.59 Å². The molecule has 1 heterocycles. The van der Waals surface area contributed by atoms with Crippen LogP contribution in [0.2, 0.25) is 0 Å². The third-order valence-electron chi connectivity index (χ3n) is 2.30. The molecule has 16 heavy (non-hydrogen) atoms. The van der Waals surface area contributed by atoms with E-state index in [1.165, 1.54) is 0 Å². The molecule has 5 heteroatoms. The van der Waals surface area contributed by atoms with Crippen LogP contribution in [0.15, 0.2) is 30.3 Å². The first kappa shape index (κ1) is 10.6. The molecule has 0 radical (unpaired) electrons. The van der Waals surface area contributed by atoms with Gasteiger partial charge in [0, 0.05) is 0 Å². The van der Waals surface area contributed by atoms with Gasteiger partial charge in [0.2, 0.25) is 0 Å². The van der Waals surface area contributed by atoms with Crippen molar-refractivity contribution in [3.8, 4) is 0 Å². The monoisotopic (exact) mass is 220 g/mol. The maximum absolute atomic E-state index is 11.5. The highest BCUT2D eigenvalue weighted by Gasteiger charge is 2.36. The molecule has 1 atom stereocenters. The lowest BCUT2D eigenvalue weighted by Crippen LogP contribution is -2.31. The largest absolute Gasteiger partial charge is 0.349 e. The Morgan fingerprint density at radius 1 is 1.31 bits per heavy atom. The highest BCUT2D eigenvalue weighted by Crippen LogP contribution is 2.09. The standard InChI is InChI=1S/C11H12N2O3/c1-8-10(14)13(11(15)12-8)16-7-9-5-3-2-4-6-9/h2-6,8H,7H2,1H3,(H,12,15)/t8-/m0/s1. The fraction of sp³-hybridized carbons (Fsp3) is 0.273. The number of nitrogens with one attached hydrogen (secondary N) is 1. The number of imide groups is 1. The third-order valence-corrected chi connectivity index (χ3v) is 2.30. The Labute approximate surface area is 93.0 Å². The summed E-state index contributed by atoms with van der Waals surface area (Å²) in [6.07, 6.45) is 0. The highest BCUT2D eigenvalue weighted by atomic mass is 16.7. The molecule has 1 N–H and O–H groups in total. The number of urea groups is 1. The van der Waals surface area contributed by atoms with Crippen LogP contribution in [-0.2, 0) is 16.2 Å². The number of hydrogen-bond acceptors (Lipinski definition) is 3. The van der Waals surface area contributed by atoms with Crippen molar-refractivity contribution in [1.29, 1.82) is 0 Å². The average molecular weight is 220 g/mol. The molecule has 1 aliphatic rings. The van der Waals surface area contributed by atoms with Gasteiger partial charge in [0.15, 0.2) is 0 Å². The molecule has 0 bridgehead atoms. The van der Waals surface area contributed by atoms with E-state index in [4.69, 9.17) is 4.84 Å². The lowest BCUT2D eigenvalue weighted by atomic mass is 10.2. The van der Waals surface area contributed by atoms with Crippen LogP contribution >= 0.6 is 0 Å². The van der Waals surface area contributed by atoms with Crippen LogP contribution in [0.5, 0.6) is 0 Å². The molecule has 0 unspecified atom stereocenters. The van der Waals surface area contributed by atoms with E-state index < -0.39 is 12.1 Å². The molecule has 1 aromatic rings. The normalized spacial score (nSPS) is 20.1. The summed E-state index contributed by atoms with van der Waals surface area (Å²) in [5.41, 5.74) is 0.905. The van der Waals surface area contributed by atoms with Crippen molar-refractivity contribution in [1.82, 2.24) is 10.4 Å². The predicted octanol–water partition coefficient (Wildman–Crippen LogP) is 1.06. The molecule has 0 saturated carbocycles. The lowest BCUT2D eigenvalue weighted by Gasteiger charge is -2.11. The minimum atomic E-state index is -0.511. The minimum absolute atomic E-state index is 0.201. The zero-order chi connectivity index (χ0) is 11.5. The Morgan fingerprint density at radius 2 is 2.00 bits per heavy atom. The Hall–Kier alpha value is -1.88. The van der Waals surface area contributed by atoms with Crippen molar-refractivity contribution in [2.45, 2.75) is 19.6 Å². The Morgan fingerprint density at radius 3 is 2.56 bits per heavy atom. The second-order valence-electron chi connectivity index (χ2n) is 3.56. The van der Waals surface area contributed by atoms with Crippen molar-refractivity contribution in [2.75, 3.05) is 0 Å². The molecule has 3 amide bonds. The summed E-state index contributed by atoms with van der Waals surface area (Å²) in [5.74, 6) is -0.360. The summed E-state index contributed by atoms with van der Waals surface area (Å²) >= 11 is 0. The maximum Gasteiger partial charge on any atom is 0.349 e. The minimum Gasteiger partial charge on any atom is -0.324 e. The summed E-state index contributed by atoms with van der Waals surface area (Å²) in [6, 6.07) is 8.33. The van der Waals surface area contributed by atoms with Gasteiger partial charge in [-0.1, -0.05) is 30.3 Å². The fourth-order valence-electron chi connectivity index (χ4n) is 1.42. The fourth-order valence-corrected chi connectivity index (χ4v) is 1.42. The van der Waals surface area contributed by atoms with Crippen LogP contribution in [0.3, 0.4) is 0 Å². The number of carbonyl (C=O) groups excluding carboxylic acids is 2. The van der Waals surface area contributed by atoms with Crippen molar-refractivity contribution in [3.05, 3.63) is 35.9 Å². The van der Waals surface area contributed by atoms with Gasteiger partial charge in [0.05, 0.1) is 0 Å². The van der Waals surface area contributed by atoms with Gasteiger partial charge in [0.1, 0.15) is 12.6 Å². The topological polar surface area (TPSA) is 58.6 Å². The highest BCUT2D eigenvalue weighted by molar-refractivity contribution is 6.02. The molecule has 0 spiro atoms. The molecule has 1 aliphatic heterocycles. The van der Waals surface area contributed by atoms with Crippen molar-refractivity contribution in [3.63, 3.8) is 0 Å². The molecule has 5 nitrogen and oxygen atoms in total. The lowest BCUT2D eigenvalue weighted by molar-refractivity contribution is -0.166. The van der Waals surface area contributed by atoms with E-state index in [1.807, 2.05) is 30.3 Å². The predicted molar refractivity (Wildman–Crippen MR) is 56.1 cm³/mol. The van der Waals surface area contributed by atoms with Gasteiger partial charge in [-0.15, -0.1) is 5.06 Å². The Kier molecular flexibility index (Phi) is 2.87. The number of carbonyl (C=O) groups is 2. The van der Waals surface area contributed by atoms with Gasteiger partial charge in [-0.25, -0.2) is 4.79 Å². The van der Waals surface area contributed by atoms with E-state index in [-0.39, 0.29) is 12.5 Å². The van der Waals surface area contributed by atoms with Crippen LogP contribution in [0.1, 0.15) is 12.5 Å². The number of amides is 3. The van der Waals surface area contributed by atoms with Crippen molar-refractivity contribution >= 4 is 11.9 Å². The third kappa shape index (κ3) is 2.04. The molecular formula is C11H12N2O3. The maximum atomic E-state index is 11.5. The SMILES string of the molecule is C[C@@H]1NC(=O)N(OCc2ccccc2)C1=O. The quantitative estimate of drug-likeness (QED) is 0.775. The summed E-state index contributed by atoms with van der Waals surface area (Å²) in [4.78, 5) is 27.9. The molecular weight excluding hydrogens is 208 g/mol. The van der Waals surface area contributed by atoms with E-state index in [1.54, 1.807) is 6.92 Å². The molecule has 1 fully saturated rings. The van der Waals surface area contributed by atoms with Crippen LogP contribution in [-0.4, -0.2) is 23.0 Å². The van der Waals surface area contributed by atoms with Gasteiger partial charge in [0.25, 0.3) is 5.91 Å². The number of benzene rings is 1. The molecule has 0 aliphatic carbocycles. The molecule has 2 rings (SSSR count). The Bertz CT molecular complexity index is 405. The van der Waals surface area contributed by atoms with Crippen LogP contribution in [0.25, 0.3) is 0 Å². The molecule has 1 saturated heterocycles. The van der Waals surface area contributed by atoms with Crippen LogP contribution in [0, 0.1) is 0 Å². The van der Waals surface area contributed by atoms with Gasteiger partial charge < -0.3 is 5.32 Å². The zero-order valence-electron chi connectivity index (χ0n) is 8.84. The summed E-state index contributed by atoms with van der Waals surface area (Å²) in [5, 5.41) is 3.24. The molecule has 84 valence electrons. The van der Waals surface area contributed by atoms with E-state index >= 15 is 0 Å². The summed E-state index contributed by atoms with van der Waals surface area (Å²) in [6.45, 7) is 1.82.